The van der Waals surface area contributed by atoms with Crippen LogP contribution in [0.25, 0.3) is 0 Å². The van der Waals surface area contributed by atoms with Gasteiger partial charge < -0.3 is 9.64 Å². The highest BCUT2D eigenvalue weighted by Gasteiger charge is 2.41. The number of hydrogen-bond donors (Lipinski definition) is 0. The topological polar surface area (TPSA) is 66.9 Å². The van der Waals surface area contributed by atoms with Crippen LogP contribution in [0.1, 0.15) is 40.5 Å². The number of sulfonamides is 1. The minimum absolute atomic E-state index is 0.129. The molecule has 8 heteroatoms. The number of thiophene rings is 1. The van der Waals surface area contributed by atoms with Gasteiger partial charge >= 0.3 is 0 Å². The van der Waals surface area contributed by atoms with Crippen molar-refractivity contribution in [2.45, 2.75) is 43.2 Å². The molecule has 3 aromatic rings. The highest BCUT2D eigenvalue weighted by Crippen LogP contribution is 2.39. The third-order valence-corrected chi connectivity index (χ3v) is 9.50. The molecular formula is C26H28N2O4S2. The monoisotopic (exact) mass is 496 g/mol. The summed E-state index contributed by atoms with van der Waals surface area (Å²) < 4.78 is 33.5. The number of nitrogens with zero attached hydrogens (tertiary/aromatic N) is 2. The van der Waals surface area contributed by atoms with Crippen molar-refractivity contribution in [3.8, 4) is 5.75 Å². The molecule has 1 unspecified atom stereocenters. The molecule has 2 aromatic carbocycles. The lowest BCUT2D eigenvalue weighted by Gasteiger charge is -2.37. The molecule has 178 valence electrons. The van der Waals surface area contributed by atoms with E-state index in [1.54, 1.807) is 42.7 Å². The molecule has 1 aromatic heterocycles. The van der Waals surface area contributed by atoms with Crippen LogP contribution in [0.3, 0.4) is 0 Å². The summed E-state index contributed by atoms with van der Waals surface area (Å²) in [4.78, 5) is 17.0. The Hall–Kier alpha value is -2.68. The fraction of sp³-hybridized carbons (Fsp3) is 0.346. The van der Waals surface area contributed by atoms with Crippen molar-refractivity contribution in [3.05, 3.63) is 81.5 Å². The maximum absolute atomic E-state index is 13.7. The molecule has 34 heavy (non-hydrogen) atoms. The van der Waals surface area contributed by atoms with E-state index in [4.69, 9.17) is 4.74 Å². The molecule has 1 saturated carbocycles. The summed E-state index contributed by atoms with van der Waals surface area (Å²) in [6, 6.07) is 16.4. The van der Waals surface area contributed by atoms with Gasteiger partial charge in [0, 0.05) is 17.5 Å². The minimum atomic E-state index is -3.80. The van der Waals surface area contributed by atoms with Crippen molar-refractivity contribution < 1.29 is 17.9 Å². The first-order valence-corrected chi connectivity index (χ1v) is 13.8. The van der Waals surface area contributed by atoms with Crippen molar-refractivity contribution in [3.63, 3.8) is 0 Å². The molecule has 1 fully saturated rings. The number of carbonyl (C=O) groups excluding carboxylic acids is 1. The molecule has 0 N–H and O–H groups in total. The first-order chi connectivity index (χ1) is 16.4. The van der Waals surface area contributed by atoms with Gasteiger partial charge in [-0.05, 0) is 73.0 Å². The summed E-state index contributed by atoms with van der Waals surface area (Å²) in [5, 5.41) is 2.07. The van der Waals surface area contributed by atoms with E-state index in [9.17, 15) is 13.2 Å². The van der Waals surface area contributed by atoms with Gasteiger partial charge in [-0.3, -0.25) is 4.79 Å². The molecule has 0 bridgehead atoms. The van der Waals surface area contributed by atoms with Gasteiger partial charge in [0.1, 0.15) is 5.75 Å². The zero-order chi connectivity index (χ0) is 23.9. The first-order valence-electron chi connectivity index (χ1n) is 11.5. The quantitative estimate of drug-likeness (QED) is 0.487. The largest absolute Gasteiger partial charge is 0.497 e. The lowest BCUT2D eigenvalue weighted by atomic mass is 9.92. The highest BCUT2D eigenvalue weighted by atomic mass is 32.2. The molecular weight excluding hydrogens is 468 g/mol. The van der Waals surface area contributed by atoms with E-state index < -0.39 is 10.0 Å². The third kappa shape index (κ3) is 4.37. The van der Waals surface area contributed by atoms with Crippen LogP contribution < -0.4 is 4.74 Å². The van der Waals surface area contributed by atoms with E-state index in [0.717, 1.165) is 36.0 Å². The van der Waals surface area contributed by atoms with E-state index in [-0.39, 0.29) is 29.4 Å². The predicted octanol–water partition coefficient (Wildman–Crippen LogP) is 4.39. The zero-order valence-electron chi connectivity index (χ0n) is 19.3. The average Bonchev–Trinajstić information content (AvgIpc) is 3.57. The SMILES string of the molecule is COc1ccc(S(=O)(=O)N(CC(=O)N2CCc3sccc3C2c2ccc(C)cc2)C2CC2)cc1. The number of carbonyl (C=O) groups is 1. The molecule has 5 rings (SSSR count). The number of aryl methyl sites for hydroxylation is 1. The van der Waals surface area contributed by atoms with Crippen LogP contribution in [-0.2, 0) is 21.2 Å². The second-order valence-corrected chi connectivity index (χ2v) is 11.8. The zero-order valence-corrected chi connectivity index (χ0v) is 20.9. The summed E-state index contributed by atoms with van der Waals surface area (Å²) in [6.45, 7) is 2.47. The fourth-order valence-corrected chi connectivity index (χ4v) is 7.11. The van der Waals surface area contributed by atoms with Gasteiger partial charge in [0.05, 0.1) is 24.6 Å². The van der Waals surface area contributed by atoms with Gasteiger partial charge in [0.15, 0.2) is 0 Å². The van der Waals surface area contributed by atoms with Gasteiger partial charge in [-0.25, -0.2) is 8.42 Å². The van der Waals surface area contributed by atoms with Crippen LogP contribution in [0.2, 0.25) is 0 Å². The Morgan fingerprint density at radius 3 is 2.44 bits per heavy atom. The smallest absolute Gasteiger partial charge is 0.243 e. The lowest BCUT2D eigenvalue weighted by Crippen LogP contribution is -2.47. The average molecular weight is 497 g/mol. The van der Waals surface area contributed by atoms with Crippen LogP contribution in [0.4, 0.5) is 0 Å². The van der Waals surface area contributed by atoms with Crippen LogP contribution in [0, 0.1) is 6.92 Å². The van der Waals surface area contributed by atoms with Crippen molar-refractivity contribution >= 4 is 27.3 Å². The number of benzene rings is 2. The summed E-state index contributed by atoms with van der Waals surface area (Å²) in [5.74, 6) is 0.431. The van der Waals surface area contributed by atoms with Crippen molar-refractivity contribution in [2.24, 2.45) is 0 Å². The Bertz CT molecular complexity index is 1280. The fourth-order valence-electron chi connectivity index (χ4n) is 4.57. The van der Waals surface area contributed by atoms with Crippen molar-refractivity contribution in [1.29, 1.82) is 0 Å². The van der Waals surface area contributed by atoms with Gasteiger partial charge in [0.2, 0.25) is 15.9 Å². The highest BCUT2D eigenvalue weighted by molar-refractivity contribution is 7.89. The molecule has 0 saturated heterocycles. The molecule has 1 amide bonds. The number of fused-ring (bicyclic) bond motifs is 1. The first kappa shape index (κ1) is 23.1. The molecule has 1 aliphatic heterocycles. The van der Waals surface area contributed by atoms with E-state index in [1.165, 1.54) is 9.18 Å². The molecule has 0 spiro atoms. The Kier molecular flexibility index (Phi) is 6.22. The summed E-state index contributed by atoms with van der Waals surface area (Å²) in [5.41, 5.74) is 3.35. The summed E-state index contributed by atoms with van der Waals surface area (Å²) in [7, 11) is -2.26. The maximum atomic E-state index is 13.7. The van der Waals surface area contributed by atoms with Gasteiger partial charge in [0.25, 0.3) is 0 Å². The third-order valence-electron chi connectivity index (χ3n) is 6.59. The number of methoxy groups -OCH3 is 1. The Morgan fingerprint density at radius 2 is 1.79 bits per heavy atom. The van der Waals surface area contributed by atoms with Crippen LogP contribution >= 0.6 is 11.3 Å². The van der Waals surface area contributed by atoms with Gasteiger partial charge in [-0.2, -0.15) is 4.31 Å². The normalized spacial score (nSPS) is 18.1. The Balaban J connectivity index is 1.44. The number of hydrogen-bond acceptors (Lipinski definition) is 5. The van der Waals surface area contributed by atoms with Gasteiger partial charge in [-0.1, -0.05) is 29.8 Å². The lowest BCUT2D eigenvalue weighted by molar-refractivity contribution is -0.133. The maximum Gasteiger partial charge on any atom is 0.243 e. The van der Waals surface area contributed by atoms with E-state index in [2.05, 4.69) is 35.7 Å². The second-order valence-electron chi connectivity index (χ2n) is 8.91. The standard InChI is InChI=1S/C26H28N2O4S2/c1-18-3-5-19(6-4-18)26-23-14-16-33-24(23)13-15-27(26)25(29)17-28(20-7-8-20)34(30,31)22-11-9-21(32-2)10-12-22/h3-6,9-12,14,16,20,26H,7-8,13,15,17H2,1-2H3. The minimum Gasteiger partial charge on any atom is -0.497 e. The van der Waals surface area contributed by atoms with Crippen LogP contribution in [-0.4, -0.2) is 49.8 Å². The summed E-state index contributed by atoms with van der Waals surface area (Å²) in [6.07, 6.45) is 2.34. The van der Waals surface area contributed by atoms with E-state index in [1.807, 2.05) is 11.8 Å². The number of amides is 1. The molecule has 1 aliphatic carbocycles. The van der Waals surface area contributed by atoms with Crippen molar-refractivity contribution in [2.75, 3.05) is 20.2 Å². The number of ether oxygens (including phenoxy) is 1. The Morgan fingerprint density at radius 1 is 1.09 bits per heavy atom. The predicted molar refractivity (Wildman–Crippen MR) is 133 cm³/mol. The van der Waals surface area contributed by atoms with Crippen LogP contribution in [0.5, 0.6) is 5.75 Å². The molecule has 2 aliphatic rings. The van der Waals surface area contributed by atoms with Gasteiger partial charge in [-0.15, -0.1) is 11.3 Å². The van der Waals surface area contributed by atoms with E-state index in [0.29, 0.717) is 12.3 Å². The molecule has 1 atom stereocenters. The summed E-state index contributed by atoms with van der Waals surface area (Å²) >= 11 is 1.72. The molecule has 0 radical (unpaired) electrons. The van der Waals surface area contributed by atoms with Crippen molar-refractivity contribution in [1.82, 2.24) is 9.21 Å². The van der Waals surface area contributed by atoms with E-state index >= 15 is 0 Å². The Labute approximate surface area is 204 Å². The molecule has 6 nitrogen and oxygen atoms in total. The molecule has 2 heterocycles. The number of rotatable bonds is 7. The second kappa shape index (κ2) is 9.17. The van der Waals surface area contributed by atoms with Crippen LogP contribution in [0.15, 0.2) is 64.9 Å².